The summed E-state index contributed by atoms with van der Waals surface area (Å²) in [7, 11) is 1.38. The molecule has 5 nitrogen and oxygen atoms in total. The molecule has 0 saturated heterocycles. The molecule has 0 heterocycles. The van der Waals surface area contributed by atoms with Crippen LogP contribution >= 0.6 is 0 Å². The Morgan fingerprint density at radius 1 is 1.14 bits per heavy atom. The lowest BCUT2D eigenvalue weighted by atomic mass is 9.93. The average molecular weight is 286 g/mol. The lowest BCUT2D eigenvalue weighted by molar-refractivity contribution is 0.101. The Morgan fingerprint density at radius 2 is 1.86 bits per heavy atom. The molecule has 0 aromatic heterocycles. The summed E-state index contributed by atoms with van der Waals surface area (Å²) in [5.74, 6) is -0.279. The molecule has 0 saturated carbocycles. The highest BCUT2D eigenvalue weighted by atomic mass is 16.5. The van der Waals surface area contributed by atoms with Crippen LogP contribution in [0, 0.1) is 0 Å². The number of ketones is 1. The van der Waals surface area contributed by atoms with E-state index in [-0.39, 0.29) is 23.0 Å². The molecule has 0 aliphatic rings. The Morgan fingerprint density at radius 3 is 2.43 bits per heavy atom. The van der Waals surface area contributed by atoms with Gasteiger partial charge in [-0.1, -0.05) is 0 Å². The first-order valence-corrected chi connectivity index (χ1v) is 6.18. The number of benzene rings is 2. The van der Waals surface area contributed by atoms with Gasteiger partial charge in [-0.25, -0.2) is 0 Å². The van der Waals surface area contributed by atoms with Crippen molar-refractivity contribution in [1.29, 1.82) is 0 Å². The first-order valence-electron chi connectivity index (χ1n) is 6.18. The van der Waals surface area contributed by atoms with Crippen LogP contribution in [-0.4, -0.2) is 29.4 Å². The van der Waals surface area contributed by atoms with Gasteiger partial charge in [0.05, 0.1) is 7.11 Å². The van der Waals surface area contributed by atoms with Gasteiger partial charge in [0, 0.05) is 11.1 Å². The van der Waals surface area contributed by atoms with E-state index in [1.165, 1.54) is 44.4 Å². The summed E-state index contributed by atoms with van der Waals surface area (Å²) < 4.78 is 4.99. The number of ether oxygens (including phenoxy) is 1. The average Bonchev–Trinajstić information content (AvgIpc) is 2.46. The Labute approximate surface area is 121 Å². The maximum Gasteiger partial charge on any atom is 0.161 e. The van der Waals surface area contributed by atoms with Crippen LogP contribution in [0.4, 0.5) is 0 Å². The number of aldehydes is 1. The highest BCUT2D eigenvalue weighted by Gasteiger charge is 2.17. The zero-order chi connectivity index (χ0) is 15.6. The largest absolute Gasteiger partial charge is 0.508 e. The molecule has 0 fully saturated rings. The first kappa shape index (κ1) is 14.6. The fourth-order valence-corrected chi connectivity index (χ4v) is 2.13. The second kappa shape index (κ2) is 5.66. The standard InChI is InChI=1S/C16H14O5/c1-9(18)12-7-16(21-2)15(20)6-14(12)13-5-11(19)4-3-10(13)8-17/h3-8,19-20H,1-2H3. The Bertz CT molecular complexity index is 719. The van der Waals surface area contributed by atoms with Crippen molar-refractivity contribution >= 4 is 12.1 Å². The predicted octanol–water partition coefficient (Wildman–Crippen LogP) is 2.79. The molecular weight excluding hydrogens is 272 g/mol. The monoisotopic (exact) mass is 286 g/mol. The molecule has 5 heteroatoms. The van der Waals surface area contributed by atoms with Crippen molar-refractivity contribution in [3.8, 4) is 28.4 Å². The number of hydrogen-bond acceptors (Lipinski definition) is 5. The Kier molecular flexibility index (Phi) is 3.93. The first-order chi connectivity index (χ1) is 9.97. The number of Topliss-reactive ketones (excluding diaryl/α,β-unsaturated/α-hetero) is 1. The molecule has 0 bridgehead atoms. The summed E-state index contributed by atoms with van der Waals surface area (Å²) in [6.07, 6.45) is 0.625. The van der Waals surface area contributed by atoms with Crippen LogP contribution in [0.15, 0.2) is 30.3 Å². The van der Waals surface area contributed by atoms with Gasteiger partial charge in [0.2, 0.25) is 0 Å². The molecule has 0 radical (unpaired) electrons. The van der Waals surface area contributed by atoms with Crippen molar-refractivity contribution in [3.05, 3.63) is 41.5 Å². The van der Waals surface area contributed by atoms with E-state index < -0.39 is 0 Å². The Balaban J connectivity index is 2.79. The number of carbonyl (C=O) groups is 2. The van der Waals surface area contributed by atoms with Crippen molar-refractivity contribution in [2.75, 3.05) is 7.11 Å². The molecule has 21 heavy (non-hydrogen) atoms. The van der Waals surface area contributed by atoms with E-state index in [2.05, 4.69) is 0 Å². The molecule has 108 valence electrons. The van der Waals surface area contributed by atoms with Gasteiger partial charge in [0.25, 0.3) is 0 Å². The third-order valence-corrected chi connectivity index (χ3v) is 3.15. The zero-order valence-corrected chi connectivity index (χ0v) is 11.6. The van der Waals surface area contributed by atoms with Crippen LogP contribution < -0.4 is 4.74 Å². The lowest BCUT2D eigenvalue weighted by Gasteiger charge is -2.13. The number of aromatic hydroxyl groups is 2. The fourth-order valence-electron chi connectivity index (χ4n) is 2.13. The summed E-state index contributed by atoms with van der Waals surface area (Å²) in [5, 5.41) is 19.5. The number of phenols is 2. The number of carbonyl (C=O) groups excluding carboxylic acids is 2. The normalized spacial score (nSPS) is 10.2. The van der Waals surface area contributed by atoms with Gasteiger partial charge in [0.15, 0.2) is 23.6 Å². The number of phenolic OH excluding ortho intramolecular Hbond substituents is 2. The molecule has 0 amide bonds. The maximum absolute atomic E-state index is 11.8. The van der Waals surface area contributed by atoms with Gasteiger partial charge < -0.3 is 14.9 Å². The minimum atomic E-state index is -0.247. The molecule has 2 rings (SSSR count). The SMILES string of the molecule is COc1cc(C(C)=O)c(-c2cc(O)ccc2C=O)cc1O. The molecule has 2 N–H and O–H groups in total. The zero-order valence-electron chi connectivity index (χ0n) is 11.6. The van der Waals surface area contributed by atoms with Crippen molar-refractivity contribution in [3.63, 3.8) is 0 Å². The summed E-state index contributed by atoms with van der Waals surface area (Å²) in [6, 6.07) is 6.95. The van der Waals surface area contributed by atoms with Crippen molar-refractivity contribution in [2.24, 2.45) is 0 Å². The van der Waals surface area contributed by atoms with E-state index in [0.29, 0.717) is 28.5 Å². The van der Waals surface area contributed by atoms with E-state index in [0.717, 1.165) is 0 Å². The second-order valence-electron chi connectivity index (χ2n) is 4.52. The van der Waals surface area contributed by atoms with Gasteiger partial charge in [-0.05, 0) is 48.4 Å². The van der Waals surface area contributed by atoms with Gasteiger partial charge in [-0.15, -0.1) is 0 Å². The summed E-state index contributed by atoms with van der Waals surface area (Å²) in [4.78, 5) is 23.0. The molecule has 0 aliphatic carbocycles. The third-order valence-electron chi connectivity index (χ3n) is 3.15. The number of rotatable bonds is 4. The second-order valence-corrected chi connectivity index (χ2v) is 4.52. The van der Waals surface area contributed by atoms with Gasteiger partial charge in [0.1, 0.15) is 5.75 Å². The predicted molar refractivity (Wildman–Crippen MR) is 77.2 cm³/mol. The van der Waals surface area contributed by atoms with Gasteiger partial charge in [-0.3, -0.25) is 9.59 Å². The van der Waals surface area contributed by atoms with E-state index in [1.54, 1.807) is 0 Å². The number of methoxy groups -OCH3 is 1. The minimum Gasteiger partial charge on any atom is -0.508 e. The third kappa shape index (κ3) is 2.72. The van der Waals surface area contributed by atoms with E-state index >= 15 is 0 Å². The lowest BCUT2D eigenvalue weighted by Crippen LogP contribution is -2.00. The molecule has 2 aromatic rings. The van der Waals surface area contributed by atoms with Crippen LogP contribution in [0.5, 0.6) is 17.2 Å². The molecule has 2 aromatic carbocycles. The van der Waals surface area contributed by atoms with Crippen molar-refractivity contribution in [1.82, 2.24) is 0 Å². The topological polar surface area (TPSA) is 83.8 Å². The van der Waals surface area contributed by atoms with Crippen LogP contribution in [0.25, 0.3) is 11.1 Å². The van der Waals surface area contributed by atoms with E-state index in [4.69, 9.17) is 4.74 Å². The summed E-state index contributed by atoms with van der Waals surface area (Å²) >= 11 is 0. The van der Waals surface area contributed by atoms with Crippen LogP contribution in [0.3, 0.4) is 0 Å². The summed E-state index contributed by atoms with van der Waals surface area (Å²) in [6.45, 7) is 1.37. The molecule has 0 spiro atoms. The molecule has 0 unspecified atom stereocenters. The van der Waals surface area contributed by atoms with E-state index in [9.17, 15) is 19.8 Å². The van der Waals surface area contributed by atoms with Gasteiger partial charge >= 0.3 is 0 Å². The highest BCUT2D eigenvalue weighted by molar-refractivity contribution is 6.04. The minimum absolute atomic E-state index is 0.0413. The van der Waals surface area contributed by atoms with Crippen LogP contribution in [0.1, 0.15) is 27.6 Å². The van der Waals surface area contributed by atoms with Crippen molar-refractivity contribution in [2.45, 2.75) is 6.92 Å². The van der Waals surface area contributed by atoms with Crippen molar-refractivity contribution < 1.29 is 24.5 Å². The van der Waals surface area contributed by atoms with E-state index in [1.807, 2.05) is 0 Å². The highest BCUT2D eigenvalue weighted by Crippen LogP contribution is 2.37. The Hall–Kier alpha value is -2.82. The summed E-state index contributed by atoms with van der Waals surface area (Å²) in [5.41, 5.74) is 1.32. The molecule has 0 aliphatic heterocycles. The molecular formula is C16H14O5. The maximum atomic E-state index is 11.8. The van der Waals surface area contributed by atoms with Crippen LogP contribution in [-0.2, 0) is 0 Å². The fraction of sp³-hybridized carbons (Fsp3) is 0.125. The van der Waals surface area contributed by atoms with Crippen LogP contribution in [0.2, 0.25) is 0 Å². The van der Waals surface area contributed by atoms with Gasteiger partial charge in [-0.2, -0.15) is 0 Å². The quantitative estimate of drug-likeness (QED) is 0.667. The number of hydrogen-bond donors (Lipinski definition) is 2. The smallest absolute Gasteiger partial charge is 0.161 e. The molecule has 0 atom stereocenters.